The van der Waals surface area contributed by atoms with E-state index in [0.29, 0.717) is 11.5 Å². The third-order valence-electron chi connectivity index (χ3n) is 1.93. The Bertz CT molecular complexity index is 508. The molecular weight excluding hydrogens is 220 g/mol. The van der Waals surface area contributed by atoms with Gasteiger partial charge in [0.15, 0.2) is 0 Å². The molecule has 0 spiro atoms. The molecule has 1 heterocycles. The van der Waals surface area contributed by atoms with Crippen molar-refractivity contribution in [3.8, 4) is 0 Å². The molecule has 0 radical (unpaired) electrons. The van der Waals surface area contributed by atoms with Crippen LogP contribution in [-0.4, -0.2) is 18.0 Å². The second kappa shape index (κ2) is 2.99. The van der Waals surface area contributed by atoms with E-state index in [4.69, 9.17) is 0 Å². The molecule has 6 heteroatoms. The highest BCUT2D eigenvalue weighted by molar-refractivity contribution is 8.00. The summed E-state index contributed by atoms with van der Waals surface area (Å²) in [6, 6.07) is 6.59. The van der Waals surface area contributed by atoms with Gasteiger partial charge in [-0.1, -0.05) is 12.1 Å². The zero-order valence-corrected chi connectivity index (χ0v) is 9.09. The molecule has 0 amide bonds. The number of thiol groups is 1. The highest BCUT2D eigenvalue weighted by Gasteiger charge is 2.29. The van der Waals surface area contributed by atoms with Gasteiger partial charge in [0.2, 0.25) is 0 Å². The summed E-state index contributed by atoms with van der Waals surface area (Å²) in [6.07, 6.45) is 0. The quantitative estimate of drug-likeness (QED) is 0.685. The first kappa shape index (κ1) is 9.54. The molecule has 0 aromatic heterocycles. The highest BCUT2D eigenvalue weighted by atomic mass is 32.3. The van der Waals surface area contributed by atoms with E-state index >= 15 is 0 Å². The monoisotopic (exact) mass is 228 g/mol. The molecule has 4 nitrogen and oxygen atoms in total. The third-order valence-corrected chi connectivity index (χ3v) is 4.48. The van der Waals surface area contributed by atoms with E-state index in [2.05, 4.69) is 17.8 Å². The van der Waals surface area contributed by atoms with Gasteiger partial charge in [0.05, 0.1) is 5.69 Å². The van der Waals surface area contributed by atoms with Gasteiger partial charge in [-0.15, -0.1) is 0 Å². The number of amidine groups is 1. The van der Waals surface area contributed by atoms with Gasteiger partial charge in [-0.2, -0.15) is 3.71 Å². The van der Waals surface area contributed by atoms with Crippen LogP contribution >= 0.6 is 12.8 Å². The Balaban J connectivity index is 2.79. The molecule has 0 bridgehead atoms. The molecule has 1 aromatic carbocycles. The van der Waals surface area contributed by atoms with E-state index in [9.17, 15) is 8.42 Å². The zero-order valence-electron chi connectivity index (χ0n) is 7.38. The Morgan fingerprint density at radius 3 is 2.71 bits per heavy atom. The number of nitrogens with zero attached hydrogens (tertiary/aromatic N) is 2. The average Bonchev–Trinajstić information content (AvgIpc) is 2.15. The lowest BCUT2D eigenvalue weighted by atomic mass is 10.3. The average molecular weight is 228 g/mol. The molecule has 0 N–H and O–H groups in total. The minimum absolute atomic E-state index is 0.195. The summed E-state index contributed by atoms with van der Waals surface area (Å²) in [5.41, 5.74) is 0.468. The second-order valence-electron chi connectivity index (χ2n) is 2.87. The van der Waals surface area contributed by atoms with E-state index in [-0.39, 0.29) is 4.90 Å². The molecule has 0 fully saturated rings. The molecule has 14 heavy (non-hydrogen) atoms. The molecule has 2 rings (SSSR count). The van der Waals surface area contributed by atoms with Gasteiger partial charge in [-0.3, -0.25) is 0 Å². The van der Waals surface area contributed by atoms with Gasteiger partial charge in [-0.25, -0.2) is 13.4 Å². The summed E-state index contributed by atoms with van der Waals surface area (Å²) >= 11 is 3.88. The highest BCUT2D eigenvalue weighted by Crippen LogP contribution is 2.32. The van der Waals surface area contributed by atoms with Gasteiger partial charge in [0.25, 0.3) is 10.0 Å². The molecule has 1 aromatic rings. The summed E-state index contributed by atoms with van der Waals surface area (Å²) in [7, 11) is -3.50. The van der Waals surface area contributed by atoms with Gasteiger partial charge in [0, 0.05) is 0 Å². The van der Waals surface area contributed by atoms with Crippen LogP contribution in [0.2, 0.25) is 0 Å². The van der Waals surface area contributed by atoms with Crippen LogP contribution in [0.5, 0.6) is 0 Å². The molecule has 0 aliphatic carbocycles. The van der Waals surface area contributed by atoms with Crippen LogP contribution in [0, 0.1) is 0 Å². The summed E-state index contributed by atoms with van der Waals surface area (Å²) in [4.78, 5) is 4.30. The van der Waals surface area contributed by atoms with Crippen LogP contribution in [0.25, 0.3) is 0 Å². The second-order valence-corrected chi connectivity index (χ2v) is 5.30. The fourth-order valence-electron chi connectivity index (χ4n) is 1.25. The summed E-state index contributed by atoms with van der Waals surface area (Å²) in [5, 5.41) is 0. The minimum Gasteiger partial charge on any atom is -0.233 e. The van der Waals surface area contributed by atoms with Crippen molar-refractivity contribution >= 4 is 34.4 Å². The van der Waals surface area contributed by atoms with Gasteiger partial charge in [-0.05, 0) is 31.9 Å². The Morgan fingerprint density at radius 1 is 1.36 bits per heavy atom. The van der Waals surface area contributed by atoms with Crippen LogP contribution in [-0.2, 0) is 10.0 Å². The van der Waals surface area contributed by atoms with E-state index in [1.165, 1.54) is 6.07 Å². The number of aliphatic imine (C=N–C) groups is 1. The van der Waals surface area contributed by atoms with E-state index < -0.39 is 10.0 Å². The molecule has 74 valence electrons. The minimum atomic E-state index is -3.50. The number of benzene rings is 1. The number of fused-ring (bicyclic) bond motifs is 1. The van der Waals surface area contributed by atoms with Crippen LogP contribution in [0.15, 0.2) is 34.2 Å². The van der Waals surface area contributed by atoms with Crippen LogP contribution in [0.3, 0.4) is 0 Å². The Hall–Kier alpha value is -1.01. The number of hydrogen-bond donors (Lipinski definition) is 1. The number of sulfonamides is 1. The van der Waals surface area contributed by atoms with Gasteiger partial charge < -0.3 is 0 Å². The lowest BCUT2D eigenvalue weighted by Gasteiger charge is -2.22. The van der Waals surface area contributed by atoms with E-state index in [1.54, 1.807) is 25.1 Å². The number of para-hydroxylation sites is 1. The Kier molecular flexibility index (Phi) is 2.04. The van der Waals surface area contributed by atoms with E-state index in [0.717, 1.165) is 3.71 Å². The predicted molar refractivity (Wildman–Crippen MR) is 57.2 cm³/mol. The van der Waals surface area contributed by atoms with Crippen molar-refractivity contribution in [2.45, 2.75) is 11.8 Å². The van der Waals surface area contributed by atoms with Gasteiger partial charge in [0.1, 0.15) is 10.7 Å². The maximum atomic E-state index is 11.8. The van der Waals surface area contributed by atoms with Crippen LogP contribution < -0.4 is 0 Å². The first-order valence-corrected chi connectivity index (χ1v) is 5.76. The van der Waals surface area contributed by atoms with Crippen molar-refractivity contribution in [2.75, 3.05) is 0 Å². The largest absolute Gasteiger partial charge is 0.276 e. The number of hydrogen-bond acceptors (Lipinski definition) is 4. The normalized spacial score (nSPS) is 18.7. The molecule has 1 aliphatic heterocycles. The van der Waals surface area contributed by atoms with Gasteiger partial charge >= 0.3 is 0 Å². The maximum Gasteiger partial charge on any atom is 0.276 e. The molecule has 0 saturated carbocycles. The molecular formula is C8H8N2O2S2. The maximum absolute atomic E-state index is 11.8. The van der Waals surface area contributed by atoms with Crippen molar-refractivity contribution in [1.82, 2.24) is 3.71 Å². The molecule has 0 atom stereocenters. The first-order valence-electron chi connectivity index (χ1n) is 3.92. The smallest absolute Gasteiger partial charge is 0.233 e. The summed E-state index contributed by atoms with van der Waals surface area (Å²) in [6.45, 7) is 1.60. The van der Waals surface area contributed by atoms with Crippen molar-refractivity contribution in [1.29, 1.82) is 0 Å². The Morgan fingerprint density at radius 2 is 2.00 bits per heavy atom. The Labute approximate surface area is 87.9 Å². The lowest BCUT2D eigenvalue weighted by molar-refractivity contribution is 0.576. The molecule has 0 unspecified atom stereocenters. The third kappa shape index (κ3) is 1.22. The fraction of sp³-hybridized carbons (Fsp3) is 0.125. The van der Waals surface area contributed by atoms with Crippen molar-refractivity contribution in [2.24, 2.45) is 4.99 Å². The SMILES string of the molecule is CC1=Nc2ccccc2S(=O)(=O)N1S. The first-order chi connectivity index (χ1) is 6.53. The van der Waals surface area contributed by atoms with Crippen molar-refractivity contribution in [3.05, 3.63) is 24.3 Å². The zero-order chi connectivity index (χ0) is 10.3. The van der Waals surface area contributed by atoms with E-state index in [1.807, 2.05) is 0 Å². The standard InChI is InChI=1S/C8H8N2O2S2/c1-6-9-7-4-2-3-5-8(7)14(11,12)10(6)13/h2-5,13H,1H3. The molecule has 0 saturated heterocycles. The number of rotatable bonds is 0. The topological polar surface area (TPSA) is 49.7 Å². The van der Waals surface area contributed by atoms with Crippen LogP contribution in [0.4, 0.5) is 5.69 Å². The fourth-order valence-corrected chi connectivity index (χ4v) is 2.76. The van der Waals surface area contributed by atoms with Crippen molar-refractivity contribution < 1.29 is 8.42 Å². The predicted octanol–water partition coefficient (Wildman–Crippen LogP) is 1.59. The molecule has 1 aliphatic rings. The van der Waals surface area contributed by atoms with Crippen LogP contribution in [0.1, 0.15) is 6.92 Å². The summed E-state index contributed by atoms with van der Waals surface area (Å²) in [5.74, 6) is 0.354. The summed E-state index contributed by atoms with van der Waals surface area (Å²) < 4.78 is 24.5. The lowest BCUT2D eigenvalue weighted by Crippen LogP contribution is -2.29. The van der Waals surface area contributed by atoms with Crippen molar-refractivity contribution in [3.63, 3.8) is 0 Å².